The van der Waals surface area contributed by atoms with Crippen molar-refractivity contribution in [3.05, 3.63) is 42.0 Å². The van der Waals surface area contributed by atoms with Crippen molar-refractivity contribution in [1.82, 2.24) is 15.5 Å². The fourth-order valence-corrected chi connectivity index (χ4v) is 3.95. The third kappa shape index (κ3) is 4.68. The normalized spacial score (nSPS) is 18.5. The van der Waals surface area contributed by atoms with Crippen LogP contribution >= 0.6 is 0 Å². The highest BCUT2D eigenvalue weighted by atomic mass is 16.5. The molecule has 6 heteroatoms. The zero-order chi connectivity index (χ0) is 19.2. The number of aromatic nitrogens is 2. The molecule has 2 fully saturated rings. The van der Waals surface area contributed by atoms with Crippen molar-refractivity contribution in [3.8, 4) is 11.3 Å². The highest BCUT2D eigenvalue weighted by Gasteiger charge is 2.17. The first-order valence-electron chi connectivity index (χ1n) is 10.4. The van der Waals surface area contributed by atoms with Crippen LogP contribution in [0.1, 0.15) is 48.9 Å². The zero-order valence-corrected chi connectivity index (χ0v) is 16.3. The largest absolute Gasteiger partial charge is 0.378 e. The number of hydrogen-bond acceptors (Lipinski definition) is 5. The van der Waals surface area contributed by atoms with Crippen LogP contribution in [0.3, 0.4) is 0 Å². The van der Waals surface area contributed by atoms with Crippen LogP contribution in [-0.2, 0) is 4.74 Å². The summed E-state index contributed by atoms with van der Waals surface area (Å²) in [7, 11) is 0. The Morgan fingerprint density at radius 1 is 1.00 bits per heavy atom. The van der Waals surface area contributed by atoms with Gasteiger partial charge in [-0.2, -0.15) is 0 Å². The van der Waals surface area contributed by atoms with E-state index in [2.05, 4.69) is 20.4 Å². The van der Waals surface area contributed by atoms with Crippen LogP contribution in [-0.4, -0.2) is 48.4 Å². The number of nitrogens with zero attached hydrogens (tertiary/aromatic N) is 3. The lowest BCUT2D eigenvalue weighted by Crippen LogP contribution is -2.36. The van der Waals surface area contributed by atoms with E-state index >= 15 is 0 Å². The molecule has 0 spiro atoms. The maximum absolute atomic E-state index is 12.7. The lowest BCUT2D eigenvalue weighted by atomic mass is 10.1. The van der Waals surface area contributed by atoms with Crippen LogP contribution in [0.2, 0.25) is 0 Å². The van der Waals surface area contributed by atoms with Crippen molar-refractivity contribution < 1.29 is 9.53 Å². The second-order valence-electron chi connectivity index (χ2n) is 7.62. The number of carbonyl (C=O) groups is 1. The van der Waals surface area contributed by atoms with E-state index in [1.165, 1.54) is 25.7 Å². The average Bonchev–Trinajstić information content (AvgIpc) is 3.03. The first-order chi connectivity index (χ1) is 13.8. The fourth-order valence-electron chi connectivity index (χ4n) is 3.95. The van der Waals surface area contributed by atoms with Crippen molar-refractivity contribution in [2.24, 2.45) is 0 Å². The molecule has 148 valence electrons. The molecule has 2 heterocycles. The van der Waals surface area contributed by atoms with Crippen LogP contribution in [0.25, 0.3) is 11.3 Å². The van der Waals surface area contributed by atoms with Crippen molar-refractivity contribution in [2.75, 3.05) is 31.2 Å². The van der Waals surface area contributed by atoms with Gasteiger partial charge in [0.1, 0.15) is 0 Å². The molecule has 0 unspecified atom stereocenters. The molecule has 1 aliphatic carbocycles. The number of rotatable bonds is 4. The molecular weight excluding hydrogens is 352 g/mol. The summed E-state index contributed by atoms with van der Waals surface area (Å²) in [6.07, 6.45) is 7.13. The van der Waals surface area contributed by atoms with Crippen LogP contribution in [0.4, 0.5) is 5.82 Å². The lowest BCUT2D eigenvalue weighted by Gasteiger charge is -2.27. The minimum Gasteiger partial charge on any atom is -0.378 e. The third-order valence-electron chi connectivity index (χ3n) is 5.60. The van der Waals surface area contributed by atoms with Gasteiger partial charge in [-0.1, -0.05) is 37.8 Å². The van der Waals surface area contributed by atoms with E-state index in [1.807, 2.05) is 36.4 Å². The minimum absolute atomic E-state index is 0.00615. The molecule has 1 N–H and O–H groups in total. The van der Waals surface area contributed by atoms with Gasteiger partial charge in [-0.3, -0.25) is 4.79 Å². The third-order valence-corrected chi connectivity index (χ3v) is 5.60. The van der Waals surface area contributed by atoms with Gasteiger partial charge in [0.2, 0.25) is 0 Å². The number of carbonyl (C=O) groups excluding carboxylic acids is 1. The molecule has 0 atom stereocenters. The van der Waals surface area contributed by atoms with Gasteiger partial charge < -0.3 is 15.0 Å². The molecule has 1 aromatic carbocycles. The number of benzene rings is 1. The quantitative estimate of drug-likeness (QED) is 0.823. The van der Waals surface area contributed by atoms with Crippen LogP contribution < -0.4 is 10.2 Å². The summed E-state index contributed by atoms with van der Waals surface area (Å²) in [6, 6.07) is 11.9. The van der Waals surface area contributed by atoms with Gasteiger partial charge in [0, 0.05) is 30.3 Å². The summed E-state index contributed by atoms with van der Waals surface area (Å²) in [5, 5.41) is 12.0. The van der Waals surface area contributed by atoms with E-state index in [-0.39, 0.29) is 5.91 Å². The predicted molar refractivity (Wildman–Crippen MR) is 109 cm³/mol. The van der Waals surface area contributed by atoms with Gasteiger partial charge >= 0.3 is 0 Å². The second-order valence-corrected chi connectivity index (χ2v) is 7.62. The summed E-state index contributed by atoms with van der Waals surface area (Å²) < 4.78 is 5.38. The Morgan fingerprint density at radius 3 is 2.50 bits per heavy atom. The van der Waals surface area contributed by atoms with E-state index in [9.17, 15) is 4.79 Å². The van der Waals surface area contributed by atoms with Gasteiger partial charge in [0.25, 0.3) is 5.91 Å². The van der Waals surface area contributed by atoms with Gasteiger partial charge in [-0.05, 0) is 37.1 Å². The van der Waals surface area contributed by atoms with Crippen molar-refractivity contribution in [1.29, 1.82) is 0 Å². The highest BCUT2D eigenvalue weighted by Crippen LogP contribution is 2.21. The monoisotopic (exact) mass is 380 g/mol. The van der Waals surface area contributed by atoms with E-state index in [1.54, 1.807) is 0 Å². The number of hydrogen-bond donors (Lipinski definition) is 1. The van der Waals surface area contributed by atoms with E-state index in [0.29, 0.717) is 11.6 Å². The molecular formula is C22H28N4O2. The molecule has 2 aromatic rings. The molecule has 28 heavy (non-hydrogen) atoms. The molecule has 6 nitrogen and oxygen atoms in total. The van der Waals surface area contributed by atoms with Crippen molar-refractivity contribution in [2.45, 2.75) is 44.6 Å². The maximum atomic E-state index is 12.7. The maximum Gasteiger partial charge on any atom is 0.251 e. The molecule has 1 aliphatic heterocycles. The Labute approximate surface area is 166 Å². The number of nitrogens with one attached hydrogen (secondary N) is 1. The standard InChI is InChI=1S/C22H28N4O2/c27-22(23-19-8-3-1-2-4-9-19)18-7-5-6-17(16-18)20-10-11-21(25-24-20)26-12-14-28-15-13-26/h5-7,10-11,16,19H,1-4,8-9,12-15H2,(H,23,27). The first kappa shape index (κ1) is 18.9. The Bertz CT molecular complexity index is 779. The second kappa shape index (κ2) is 9.15. The number of morpholine rings is 1. The molecule has 1 amide bonds. The van der Waals surface area contributed by atoms with Crippen LogP contribution in [0.5, 0.6) is 0 Å². The van der Waals surface area contributed by atoms with Crippen molar-refractivity contribution in [3.63, 3.8) is 0 Å². The average molecular weight is 380 g/mol. The van der Waals surface area contributed by atoms with Crippen LogP contribution in [0.15, 0.2) is 36.4 Å². The lowest BCUT2D eigenvalue weighted by molar-refractivity contribution is 0.0933. The predicted octanol–water partition coefficient (Wildman–Crippen LogP) is 3.43. The topological polar surface area (TPSA) is 67.4 Å². The van der Waals surface area contributed by atoms with E-state index < -0.39 is 0 Å². The molecule has 1 saturated heterocycles. The number of anilines is 1. The summed E-state index contributed by atoms with van der Waals surface area (Å²) in [6.45, 7) is 3.12. The molecule has 4 rings (SSSR count). The molecule has 2 aliphatic rings. The Kier molecular flexibility index (Phi) is 6.17. The number of amides is 1. The summed E-state index contributed by atoms with van der Waals surface area (Å²) in [5.41, 5.74) is 2.37. The smallest absolute Gasteiger partial charge is 0.251 e. The van der Waals surface area contributed by atoms with E-state index in [0.717, 1.165) is 56.2 Å². The van der Waals surface area contributed by atoms with Gasteiger partial charge in [-0.25, -0.2) is 0 Å². The van der Waals surface area contributed by atoms with Gasteiger partial charge in [-0.15, -0.1) is 10.2 Å². The Hall–Kier alpha value is -2.47. The first-order valence-corrected chi connectivity index (χ1v) is 10.4. The molecule has 1 saturated carbocycles. The summed E-state index contributed by atoms with van der Waals surface area (Å²) in [4.78, 5) is 14.9. The molecule has 1 aromatic heterocycles. The molecule has 0 bridgehead atoms. The Balaban J connectivity index is 1.44. The fraction of sp³-hybridized carbons (Fsp3) is 0.500. The summed E-state index contributed by atoms with van der Waals surface area (Å²) in [5.74, 6) is 0.876. The van der Waals surface area contributed by atoms with E-state index in [4.69, 9.17) is 4.74 Å². The highest BCUT2D eigenvalue weighted by molar-refractivity contribution is 5.95. The zero-order valence-electron chi connectivity index (χ0n) is 16.3. The molecule has 0 radical (unpaired) electrons. The SMILES string of the molecule is O=C(NC1CCCCCC1)c1cccc(-c2ccc(N3CCOCC3)nn2)c1. The Morgan fingerprint density at radius 2 is 1.79 bits per heavy atom. The summed E-state index contributed by atoms with van der Waals surface area (Å²) >= 11 is 0. The van der Waals surface area contributed by atoms with Gasteiger partial charge in [0.05, 0.1) is 18.9 Å². The van der Waals surface area contributed by atoms with Crippen molar-refractivity contribution >= 4 is 11.7 Å². The minimum atomic E-state index is 0.00615. The van der Waals surface area contributed by atoms with Gasteiger partial charge in [0.15, 0.2) is 5.82 Å². The number of ether oxygens (including phenoxy) is 1. The van der Waals surface area contributed by atoms with Crippen LogP contribution in [0, 0.1) is 0 Å².